The monoisotopic (exact) mass is 293 g/mol. The quantitative estimate of drug-likeness (QED) is 0.804. The third kappa shape index (κ3) is 5.36. The van der Waals surface area contributed by atoms with Gasteiger partial charge >= 0.3 is 6.01 Å². The predicted molar refractivity (Wildman–Crippen MR) is 84.9 cm³/mol. The number of nitrogens with zero attached hydrogens (tertiary/aromatic N) is 3. The molecule has 0 bridgehead atoms. The molecule has 1 aliphatic carbocycles. The van der Waals surface area contributed by atoms with Crippen molar-refractivity contribution in [3.63, 3.8) is 0 Å². The number of aromatic nitrogens is 3. The van der Waals surface area contributed by atoms with Crippen molar-refractivity contribution in [2.24, 2.45) is 0 Å². The van der Waals surface area contributed by atoms with Crippen LogP contribution in [-0.4, -0.2) is 33.6 Å². The van der Waals surface area contributed by atoms with Crippen LogP contribution in [0.25, 0.3) is 0 Å². The summed E-state index contributed by atoms with van der Waals surface area (Å²) in [6.45, 7) is 6.89. The molecule has 1 aromatic heterocycles. The molecule has 0 unspecified atom stereocenters. The Morgan fingerprint density at radius 2 is 1.81 bits per heavy atom. The van der Waals surface area contributed by atoms with Gasteiger partial charge in [0.25, 0.3) is 0 Å². The van der Waals surface area contributed by atoms with Gasteiger partial charge in [0.2, 0.25) is 11.9 Å². The summed E-state index contributed by atoms with van der Waals surface area (Å²) in [5, 5.41) is 6.63. The van der Waals surface area contributed by atoms with Crippen LogP contribution >= 0.6 is 0 Å². The van der Waals surface area contributed by atoms with Crippen LogP contribution in [0.5, 0.6) is 6.01 Å². The lowest BCUT2D eigenvalue weighted by atomic mass is 9.96. The highest BCUT2D eigenvalue weighted by molar-refractivity contribution is 5.36. The van der Waals surface area contributed by atoms with Gasteiger partial charge in [0.05, 0.1) is 6.10 Å². The van der Waals surface area contributed by atoms with Crippen molar-refractivity contribution in [2.45, 2.75) is 71.4 Å². The summed E-state index contributed by atoms with van der Waals surface area (Å²) in [6.07, 6.45) is 7.33. The molecule has 6 nitrogen and oxygen atoms in total. The van der Waals surface area contributed by atoms with Crippen LogP contribution in [0.1, 0.15) is 59.3 Å². The molecule has 2 N–H and O–H groups in total. The van der Waals surface area contributed by atoms with Crippen molar-refractivity contribution in [2.75, 3.05) is 17.2 Å². The zero-order valence-corrected chi connectivity index (χ0v) is 13.4. The molecule has 1 heterocycles. The molecular formula is C15H27N5O. The highest BCUT2D eigenvalue weighted by Gasteiger charge is 2.16. The van der Waals surface area contributed by atoms with Crippen LogP contribution in [0, 0.1) is 0 Å². The molecule has 1 fully saturated rings. The topological polar surface area (TPSA) is 72.0 Å². The lowest BCUT2D eigenvalue weighted by Crippen LogP contribution is -2.24. The van der Waals surface area contributed by atoms with Crippen molar-refractivity contribution in [3.8, 4) is 6.01 Å². The summed E-state index contributed by atoms with van der Waals surface area (Å²) < 4.78 is 5.62. The average molecular weight is 293 g/mol. The van der Waals surface area contributed by atoms with E-state index >= 15 is 0 Å². The number of hydrogen-bond donors (Lipinski definition) is 2. The van der Waals surface area contributed by atoms with Gasteiger partial charge in [-0.25, -0.2) is 0 Å². The van der Waals surface area contributed by atoms with E-state index in [0.717, 1.165) is 13.0 Å². The van der Waals surface area contributed by atoms with Crippen molar-refractivity contribution in [3.05, 3.63) is 0 Å². The zero-order chi connectivity index (χ0) is 15.1. The molecular weight excluding hydrogens is 266 g/mol. The molecule has 6 heteroatoms. The van der Waals surface area contributed by atoms with Crippen molar-refractivity contribution < 1.29 is 4.74 Å². The van der Waals surface area contributed by atoms with Gasteiger partial charge in [-0.05, 0) is 33.1 Å². The van der Waals surface area contributed by atoms with Gasteiger partial charge < -0.3 is 15.4 Å². The molecule has 1 aliphatic rings. The maximum absolute atomic E-state index is 5.62. The number of hydrogen-bond acceptors (Lipinski definition) is 6. The minimum Gasteiger partial charge on any atom is -0.461 e. The molecule has 21 heavy (non-hydrogen) atoms. The molecule has 0 spiro atoms. The summed E-state index contributed by atoms with van der Waals surface area (Å²) in [5.41, 5.74) is 0. The summed E-state index contributed by atoms with van der Waals surface area (Å²) in [4.78, 5) is 13.1. The molecule has 0 saturated heterocycles. The first-order chi connectivity index (χ1) is 10.2. The fourth-order valence-corrected chi connectivity index (χ4v) is 2.43. The summed E-state index contributed by atoms with van der Waals surface area (Å²) in [6, 6.07) is 0.851. The van der Waals surface area contributed by atoms with Crippen LogP contribution < -0.4 is 15.4 Å². The molecule has 1 aromatic rings. The van der Waals surface area contributed by atoms with Crippen molar-refractivity contribution >= 4 is 11.9 Å². The Balaban J connectivity index is 2.09. The van der Waals surface area contributed by atoms with E-state index in [0.29, 0.717) is 23.9 Å². The Morgan fingerprint density at radius 3 is 2.48 bits per heavy atom. The second-order valence-electron chi connectivity index (χ2n) is 5.84. The summed E-state index contributed by atoms with van der Waals surface area (Å²) >= 11 is 0. The minimum atomic E-state index is 0.0500. The van der Waals surface area contributed by atoms with E-state index < -0.39 is 0 Å². The second kappa shape index (κ2) is 8.00. The Labute approximate surface area is 127 Å². The van der Waals surface area contributed by atoms with Crippen LogP contribution in [0.4, 0.5) is 11.9 Å². The zero-order valence-electron chi connectivity index (χ0n) is 13.4. The molecule has 2 rings (SSSR count). The first-order valence-electron chi connectivity index (χ1n) is 8.10. The van der Waals surface area contributed by atoms with Gasteiger partial charge in [0.1, 0.15) is 0 Å². The maximum atomic E-state index is 5.62. The van der Waals surface area contributed by atoms with Crippen LogP contribution in [0.15, 0.2) is 0 Å². The van der Waals surface area contributed by atoms with E-state index in [4.69, 9.17) is 4.74 Å². The SMILES string of the molecule is CCCNc1nc(NC2CCCCC2)nc(OC(C)C)n1. The first-order valence-corrected chi connectivity index (χ1v) is 8.10. The average Bonchev–Trinajstić information content (AvgIpc) is 2.45. The Kier molecular flexibility index (Phi) is 6.02. The molecule has 0 aliphatic heterocycles. The highest BCUT2D eigenvalue weighted by atomic mass is 16.5. The van der Waals surface area contributed by atoms with E-state index in [1.807, 2.05) is 13.8 Å². The molecule has 0 amide bonds. The van der Waals surface area contributed by atoms with Gasteiger partial charge in [-0.3, -0.25) is 0 Å². The Hall–Kier alpha value is -1.59. The predicted octanol–water partition coefficient (Wildman–Crippen LogP) is 3.23. The first kappa shape index (κ1) is 15.8. The van der Waals surface area contributed by atoms with E-state index in [1.165, 1.54) is 32.1 Å². The van der Waals surface area contributed by atoms with Gasteiger partial charge in [-0.2, -0.15) is 15.0 Å². The molecule has 0 aromatic carbocycles. The van der Waals surface area contributed by atoms with Gasteiger partial charge in [0, 0.05) is 12.6 Å². The van der Waals surface area contributed by atoms with Crippen molar-refractivity contribution in [1.82, 2.24) is 15.0 Å². The third-order valence-electron chi connectivity index (χ3n) is 3.43. The standard InChI is InChI=1S/C15H27N5O/c1-4-10-16-13-18-14(17-12-8-6-5-7-9-12)20-15(19-13)21-11(2)3/h11-12H,4-10H2,1-3H3,(H2,16,17,18,19,20). The van der Waals surface area contributed by atoms with Gasteiger partial charge in [-0.15, -0.1) is 0 Å². The normalized spacial score (nSPS) is 16.0. The minimum absolute atomic E-state index is 0.0500. The fraction of sp³-hybridized carbons (Fsp3) is 0.800. The van der Waals surface area contributed by atoms with E-state index in [9.17, 15) is 0 Å². The van der Waals surface area contributed by atoms with Crippen LogP contribution in [0.3, 0.4) is 0 Å². The van der Waals surface area contributed by atoms with Crippen LogP contribution in [-0.2, 0) is 0 Å². The number of rotatable bonds is 7. The summed E-state index contributed by atoms with van der Waals surface area (Å²) in [5.74, 6) is 1.20. The second-order valence-corrected chi connectivity index (χ2v) is 5.84. The number of anilines is 2. The lowest BCUT2D eigenvalue weighted by Gasteiger charge is -2.23. The maximum Gasteiger partial charge on any atom is 0.323 e. The Bertz CT molecular complexity index is 432. The van der Waals surface area contributed by atoms with Crippen molar-refractivity contribution in [1.29, 1.82) is 0 Å². The molecule has 0 atom stereocenters. The van der Waals surface area contributed by atoms with E-state index in [-0.39, 0.29) is 6.10 Å². The molecule has 1 saturated carbocycles. The fourth-order valence-electron chi connectivity index (χ4n) is 2.43. The van der Waals surface area contributed by atoms with Gasteiger partial charge in [-0.1, -0.05) is 26.2 Å². The third-order valence-corrected chi connectivity index (χ3v) is 3.43. The van der Waals surface area contributed by atoms with E-state index in [1.54, 1.807) is 0 Å². The van der Waals surface area contributed by atoms with E-state index in [2.05, 4.69) is 32.5 Å². The van der Waals surface area contributed by atoms with Crippen LogP contribution in [0.2, 0.25) is 0 Å². The van der Waals surface area contributed by atoms with Gasteiger partial charge in [0.15, 0.2) is 0 Å². The molecule has 0 radical (unpaired) electrons. The summed E-state index contributed by atoms with van der Waals surface area (Å²) in [7, 11) is 0. The largest absolute Gasteiger partial charge is 0.461 e. The highest BCUT2D eigenvalue weighted by Crippen LogP contribution is 2.21. The Morgan fingerprint density at radius 1 is 1.10 bits per heavy atom. The number of nitrogens with one attached hydrogen (secondary N) is 2. The lowest BCUT2D eigenvalue weighted by molar-refractivity contribution is 0.222. The molecule has 118 valence electrons. The smallest absolute Gasteiger partial charge is 0.323 e. The number of ether oxygens (including phenoxy) is 1.